The van der Waals surface area contributed by atoms with Gasteiger partial charge >= 0.3 is 0 Å². The molecule has 28 heavy (non-hydrogen) atoms. The van der Waals surface area contributed by atoms with Crippen LogP contribution in [0.1, 0.15) is 37.1 Å². The molecule has 1 saturated heterocycles. The van der Waals surface area contributed by atoms with Crippen molar-refractivity contribution in [3.8, 4) is 6.07 Å². The highest BCUT2D eigenvalue weighted by molar-refractivity contribution is 7.89. The molecule has 2 heterocycles. The van der Waals surface area contributed by atoms with Gasteiger partial charge in [-0.25, -0.2) is 8.42 Å². The number of sulfonamides is 1. The van der Waals surface area contributed by atoms with Crippen molar-refractivity contribution in [3.05, 3.63) is 54.0 Å². The molecule has 0 spiro atoms. The lowest BCUT2D eigenvalue weighted by Crippen LogP contribution is -2.44. The van der Waals surface area contributed by atoms with E-state index in [1.807, 2.05) is 19.1 Å². The van der Waals surface area contributed by atoms with E-state index in [4.69, 9.17) is 4.42 Å². The quantitative estimate of drug-likeness (QED) is 0.768. The van der Waals surface area contributed by atoms with Gasteiger partial charge in [-0.3, -0.25) is 4.79 Å². The first-order valence-corrected chi connectivity index (χ1v) is 10.6. The minimum Gasteiger partial charge on any atom is -0.467 e. The van der Waals surface area contributed by atoms with E-state index in [-0.39, 0.29) is 41.4 Å². The molecule has 0 N–H and O–H groups in total. The van der Waals surface area contributed by atoms with Crippen LogP contribution in [0, 0.1) is 17.2 Å². The van der Waals surface area contributed by atoms with E-state index in [1.54, 1.807) is 36.4 Å². The molecular formula is C20H23N3O4S. The summed E-state index contributed by atoms with van der Waals surface area (Å²) < 4.78 is 32.6. The molecule has 7 nitrogen and oxygen atoms in total. The van der Waals surface area contributed by atoms with Gasteiger partial charge in [-0.1, -0.05) is 12.1 Å². The van der Waals surface area contributed by atoms with E-state index in [9.17, 15) is 18.5 Å². The van der Waals surface area contributed by atoms with Crippen molar-refractivity contribution >= 4 is 15.9 Å². The topological polar surface area (TPSA) is 94.6 Å². The Balaban J connectivity index is 1.67. The minimum absolute atomic E-state index is 0.0154. The van der Waals surface area contributed by atoms with Crippen molar-refractivity contribution in [1.29, 1.82) is 5.26 Å². The molecule has 1 fully saturated rings. The monoisotopic (exact) mass is 401 g/mol. The first-order valence-electron chi connectivity index (χ1n) is 9.15. The van der Waals surface area contributed by atoms with Crippen LogP contribution >= 0.6 is 0 Å². The summed E-state index contributed by atoms with van der Waals surface area (Å²) in [6.07, 6.45) is 2.47. The van der Waals surface area contributed by atoms with Crippen molar-refractivity contribution in [1.82, 2.24) is 9.21 Å². The van der Waals surface area contributed by atoms with Crippen LogP contribution in [0.2, 0.25) is 0 Å². The Morgan fingerprint density at radius 1 is 1.25 bits per heavy atom. The van der Waals surface area contributed by atoms with E-state index >= 15 is 0 Å². The van der Waals surface area contributed by atoms with Crippen LogP contribution in [0.15, 0.2) is 52.0 Å². The largest absolute Gasteiger partial charge is 0.467 e. The Bertz CT molecular complexity index is 971. The van der Waals surface area contributed by atoms with Gasteiger partial charge in [-0.15, -0.1) is 0 Å². The second-order valence-electron chi connectivity index (χ2n) is 6.93. The Morgan fingerprint density at radius 2 is 1.93 bits per heavy atom. The molecule has 1 unspecified atom stereocenters. The average molecular weight is 401 g/mol. The summed E-state index contributed by atoms with van der Waals surface area (Å²) in [5, 5.41) is 9.20. The van der Waals surface area contributed by atoms with Gasteiger partial charge in [0, 0.05) is 26.1 Å². The molecule has 0 saturated carbocycles. The molecule has 1 aliphatic rings. The predicted molar refractivity (Wildman–Crippen MR) is 103 cm³/mol. The summed E-state index contributed by atoms with van der Waals surface area (Å²) in [5.74, 6) is 0.461. The van der Waals surface area contributed by atoms with Crippen molar-refractivity contribution in [2.45, 2.75) is 30.7 Å². The molecular weight excluding hydrogens is 378 g/mol. The van der Waals surface area contributed by atoms with Gasteiger partial charge in [0.05, 0.1) is 22.8 Å². The van der Waals surface area contributed by atoms with Crippen molar-refractivity contribution in [3.63, 3.8) is 0 Å². The third kappa shape index (κ3) is 3.81. The normalized spacial score (nSPS) is 17.0. The number of hydrogen-bond donors (Lipinski definition) is 0. The lowest BCUT2D eigenvalue weighted by atomic mass is 9.96. The fourth-order valence-electron chi connectivity index (χ4n) is 3.46. The van der Waals surface area contributed by atoms with Gasteiger partial charge in [-0.2, -0.15) is 9.57 Å². The molecule has 0 bridgehead atoms. The van der Waals surface area contributed by atoms with Gasteiger partial charge in [-0.05, 0) is 44.0 Å². The minimum atomic E-state index is -3.76. The number of hydrogen-bond acceptors (Lipinski definition) is 5. The van der Waals surface area contributed by atoms with E-state index < -0.39 is 10.0 Å². The van der Waals surface area contributed by atoms with Crippen LogP contribution < -0.4 is 0 Å². The molecule has 1 aromatic heterocycles. The van der Waals surface area contributed by atoms with Gasteiger partial charge in [0.1, 0.15) is 11.8 Å². The van der Waals surface area contributed by atoms with E-state index in [0.29, 0.717) is 18.6 Å². The lowest BCUT2D eigenvalue weighted by molar-refractivity contribution is -0.137. The number of furan rings is 1. The maximum absolute atomic E-state index is 12.9. The summed E-state index contributed by atoms with van der Waals surface area (Å²) in [4.78, 5) is 14.5. The zero-order chi connectivity index (χ0) is 20.3. The van der Waals surface area contributed by atoms with Crippen molar-refractivity contribution in [2.75, 3.05) is 20.1 Å². The number of nitrogens with zero attached hydrogens (tertiary/aromatic N) is 3. The lowest BCUT2D eigenvalue weighted by Gasteiger charge is -2.34. The Labute approximate surface area is 165 Å². The summed E-state index contributed by atoms with van der Waals surface area (Å²) in [5.41, 5.74) is 0.132. The Kier molecular flexibility index (Phi) is 5.87. The number of amides is 1. The standard InChI is InChI=1S/C20H23N3O4S/c1-15(18-7-5-13-27-18)22(2)20(24)16-9-11-23(12-10-16)28(25,26)19-8-4-3-6-17(19)14-21/h3-8,13,15-16H,9-12H2,1-2H3. The van der Waals surface area contributed by atoms with Crippen LogP contribution in [0.3, 0.4) is 0 Å². The van der Waals surface area contributed by atoms with Gasteiger partial charge in [0.25, 0.3) is 0 Å². The molecule has 148 valence electrons. The van der Waals surface area contributed by atoms with Crippen LogP contribution in [0.5, 0.6) is 0 Å². The highest BCUT2D eigenvalue weighted by Gasteiger charge is 2.35. The van der Waals surface area contributed by atoms with Crippen molar-refractivity contribution < 1.29 is 17.6 Å². The van der Waals surface area contributed by atoms with Crippen molar-refractivity contribution in [2.24, 2.45) is 5.92 Å². The van der Waals surface area contributed by atoms with Gasteiger partial charge < -0.3 is 9.32 Å². The number of carbonyl (C=O) groups excluding carboxylic acids is 1. The SMILES string of the molecule is CC(c1ccco1)N(C)C(=O)C1CCN(S(=O)(=O)c2ccccc2C#N)CC1. The Hall–Kier alpha value is -2.63. The molecule has 8 heteroatoms. The first kappa shape index (κ1) is 20.1. The summed E-state index contributed by atoms with van der Waals surface area (Å²) in [6, 6.07) is 11.5. The second-order valence-corrected chi connectivity index (χ2v) is 8.83. The maximum atomic E-state index is 12.9. The molecule has 0 aliphatic carbocycles. The first-order chi connectivity index (χ1) is 13.4. The van der Waals surface area contributed by atoms with Crippen LogP contribution in [-0.2, 0) is 14.8 Å². The van der Waals surface area contributed by atoms with Gasteiger partial charge in [0.2, 0.25) is 15.9 Å². The molecule has 2 aromatic rings. The van der Waals surface area contributed by atoms with Crippen LogP contribution in [0.4, 0.5) is 0 Å². The predicted octanol–water partition coefficient (Wildman–Crippen LogP) is 2.77. The number of nitriles is 1. The summed E-state index contributed by atoms with van der Waals surface area (Å²) in [6.45, 7) is 2.40. The molecule has 1 atom stereocenters. The van der Waals surface area contributed by atoms with Gasteiger partial charge in [0.15, 0.2) is 0 Å². The highest BCUT2D eigenvalue weighted by atomic mass is 32.2. The average Bonchev–Trinajstić information content (AvgIpc) is 3.27. The zero-order valence-corrected chi connectivity index (χ0v) is 16.7. The smallest absolute Gasteiger partial charge is 0.244 e. The summed E-state index contributed by atoms with van der Waals surface area (Å²) >= 11 is 0. The Morgan fingerprint density at radius 3 is 2.54 bits per heavy atom. The third-order valence-electron chi connectivity index (χ3n) is 5.31. The third-order valence-corrected chi connectivity index (χ3v) is 7.27. The molecule has 1 aliphatic heterocycles. The van der Waals surface area contributed by atoms with Crippen LogP contribution in [0.25, 0.3) is 0 Å². The molecule has 3 rings (SSSR count). The molecule has 1 amide bonds. The fraction of sp³-hybridized carbons (Fsp3) is 0.400. The number of carbonyl (C=O) groups is 1. The van der Waals surface area contributed by atoms with Crippen LogP contribution in [-0.4, -0.2) is 43.7 Å². The maximum Gasteiger partial charge on any atom is 0.244 e. The highest BCUT2D eigenvalue weighted by Crippen LogP contribution is 2.28. The molecule has 0 radical (unpaired) electrons. The van der Waals surface area contributed by atoms with E-state index in [0.717, 1.165) is 0 Å². The number of rotatable bonds is 5. The number of benzene rings is 1. The number of piperidine rings is 1. The second kappa shape index (κ2) is 8.17. The van der Waals surface area contributed by atoms with E-state index in [1.165, 1.54) is 16.4 Å². The summed E-state index contributed by atoms with van der Waals surface area (Å²) in [7, 11) is -2.02. The zero-order valence-electron chi connectivity index (χ0n) is 15.9. The molecule has 1 aromatic carbocycles. The fourth-order valence-corrected chi connectivity index (χ4v) is 5.08. The van der Waals surface area contributed by atoms with E-state index in [2.05, 4.69) is 0 Å².